The van der Waals surface area contributed by atoms with Gasteiger partial charge in [-0.05, 0) is 72.8 Å². The van der Waals surface area contributed by atoms with Gasteiger partial charge in [0.25, 0.3) is 0 Å². The first kappa shape index (κ1) is 15.0. The van der Waals surface area contributed by atoms with Crippen LogP contribution in [-0.2, 0) is 5.41 Å². The van der Waals surface area contributed by atoms with Gasteiger partial charge in [-0.25, -0.2) is 9.07 Å². The fourth-order valence-corrected chi connectivity index (χ4v) is 4.88. The molecule has 4 nitrogen and oxygen atoms in total. The minimum atomic E-state index is -0.249. The van der Waals surface area contributed by atoms with Gasteiger partial charge in [0.1, 0.15) is 5.82 Å². The maximum absolute atomic E-state index is 13.2. The Labute approximate surface area is 145 Å². The normalized spacial score (nSPS) is 27.6. The highest BCUT2D eigenvalue weighted by molar-refractivity contribution is 5.83. The lowest BCUT2D eigenvalue weighted by Crippen LogP contribution is -2.25. The third-order valence-corrected chi connectivity index (χ3v) is 6.17. The molecular weight excluding hydrogens is 317 g/mol. The Bertz CT molecular complexity index is 959. The number of piperidine rings is 1. The van der Waals surface area contributed by atoms with E-state index in [9.17, 15) is 9.50 Å². The zero-order valence-electron chi connectivity index (χ0n) is 14.0. The Balaban J connectivity index is 1.63. The molecular formula is C20H20FN3O. The Morgan fingerprint density at radius 2 is 2.12 bits per heavy atom. The third-order valence-electron chi connectivity index (χ3n) is 6.17. The van der Waals surface area contributed by atoms with E-state index in [0.29, 0.717) is 11.8 Å². The zero-order chi connectivity index (χ0) is 17.2. The van der Waals surface area contributed by atoms with Crippen LogP contribution in [0.15, 0.2) is 42.6 Å². The molecule has 0 spiro atoms. The average molecular weight is 337 g/mol. The van der Waals surface area contributed by atoms with Crippen molar-refractivity contribution in [2.24, 2.45) is 11.8 Å². The second kappa shape index (κ2) is 5.13. The highest BCUT2D eigenvalue weighted by Gasteiger charge is 2.67. The number of hydrogen-bond acceptors (Lipinski definition) is 3. The molecule has 0 bridgehead atoms. The van der Waals surface area contributed by atoms with E-state index in [1.165, 1.54) is 23.3 Å². The van der Waals surface area contributed by atoms with Crippen molar-refractivity contribution in [3.05, 3.63) is 59.5 Å². The largest absolute Gasteiger partial charge is 0.396 e. The smallest absolute Gasteiger partial charge is 0.123 e. The van der Waals surface area contributed by atoms with Gasteiger partial charge < -0.3 is 10.4 Å². The van der Waals surface area contributed by atoms with Crippen LogP contribution in [0, 0.1) is 24.6 Å². The first-order chi connectivity index (χ1) is 12.1. The molecule has 0 radical (unpaired) electrons. The van der Waals surface area contributed by atoms with Gasteiger partial charge >= 0.3 is 0 Å². The summed E-state index contributed by atoms with van der Waals surface area (Å²) in [6, 6.07) is 10.8. The first-order valence-electron chi connectivity index (χ1n) is 8.71. The van der Waals surface area contributed by atoms with E-state index in [4.69, 9.17) is 0 Å². The number of hydrogen-bond donors (Lipinski definition) is 2. The minimum Gasteiger partial charge on any atom is -0.396 e. The average Bonchev–Trinajstić information content (AvgIpc) is 2.91. The van der Waals surface area contributed by atoms with Crippen LogP contribution in [-0.4, -0.2) is 34.6 Å². The number of aryl methyl sites for hydroxylation is 1. The first-order valence-corrected chi connectivity index (χ1v) is 8.71. The second-order valence-electron chi connectivity index (χ2n) is 7.33. The number of benzene rings is 2. The quantitative estimate of drug-likeness (QED) is 0.772. The van der Waals surface area contributed by atoms with Gasteiger partial charge in [0, 0.05) is 24.0 Å². The van der Waals surface area contributed by atoms with Crippen molar-refractivity contribution < 1.29 is 9.50 Å². The molecule has 0 unspecified atom stereocenters. The molecule has 128 valence electrons. The van der Waals surface area contributed by atoms with Crippen LogP contribution in [0.2, 0.25) is 0 Å². The molecule has 3 aromatic rings. The standard InChI is InChI=1S/C20H20FN3O/c1-12-6-19-13(8-23-24(19)15-4-2-14(21)3-5-15)7-16(12)20-11-22-9-17(20)18(20)10-25/h2-8,17-18,22,25H,9-11H2,1H3/t17-,18-,20+/m1/s1. The molecule has 1 saturated heterocycles. The molecule has 5 rings (SSSR count). The van der Waals surface area contributed by atoms with Crippen LogP contribution in [0.4, 0.5) is 4.39 Å². The lowest BCUT2D eigenvalue weighted by molar-refractivity contribution is 0.253. The maximum atomic E-state index is 13.2. The maximum Gasteiger partial charge on any atom is 0.123 e. The molecule has 1 aromatic heterocycles. The highest BCUT2D eigenvalue weighted by Crippen LogP contribution is 2.62. The van der Waals surface area contributed by atoms with Gasteiger partial charge in [0.15, 0.2) is 0 Å². The van der Waals surface area contributed by atoms with E-state index in [0.717, 1.165) is 29.7 Å². The van der Waals surface area contributed by atoms with Gasteiger partial charge in [-0.1, -0.05) is 0 Å². The fourth-order valence-electron chi connectivity index (χ4n) is 4.88. The van der Waals surface area contributed by atoms with Crippen LogP contribution in [0.1, 0.15) is 11.1 Å². The Hall–Kier alpha value is -2.24. The molecule has 2 aliphatic rings. The van der Waals surface area contributed by atoms with E-state index >= 15 is 0 Å². The zero-order valence-corrected chi connectivity index (χ0v) is 14.0. The molecule has 5 heteroatoms. The number of fused-ring (bicyclic) bond motifs is 2. The molecule has 2 heterocycles. The lowest BCUT2D eigenvalue weighted by Gasteiger charge is -2.18. The summed E-state index contributed by atoms with van der Waals surface area (Å²) in [6.45, 7) is 4.30. The van der Waals surface area contributed by atoms with Gasteiger partial charge in [-0.15, -0.1) is 0 Å². The predicted molar refractivity (Wildman–Crippen MR) is 94.4 cm³/mol. The van der Waals surface area contributed by atoms with Crippen LogP contribution in [0.25, 0.3) is 16.6 Å². The third kappa shape index (κ3) is 1.96. The van der Waals surface area contributed by atoms with E-state index in [1.807, 2.05) is 10.9 Å². The van der Waals surface area contributed by atoms with Crippen molar-refractivity contribution in [1.82, 2.24) is 15.1 Å². The molecule has 2 aromatic carbocycles. The van der Waals surface area contributed by atoms with Crippen LogP contribution in [0.5, 0.6) is 0 Å². The number of halogens is 1. The molecule has 3 atom stereocenters. The minimum absolute atomic E-state index is 0.0744. The fraction of sp³-hybridized carbons (Fsp3) is 0.350. The number of aliphatic hydroxyl groups is 1. The summed E-state index contributed by atoms with van der Waals surface area (Å²) < 4.78 is 15.0. The molecule has 1 aliphatic heterocycles. The Morgan fingerprint density at radius 1 is 1.32 bits per heavy atom. The van der Waals surface area contributed by atoms with E-state index in [-0.39, 0.29) is 17.8 Å². The van der Waals surface area contributed by atoms with Crippen molar-refractivity contribution in [2.75, 3.05) is 19.7 Å². The summed E-state index contributed by atoms with van der Waals surface area (Å²) in [5.74, 6) is 0.638. The van der Waals surface area contributed by atoms with Gasteiger partial charge in [-0.3, -0.25) is 0 Å². The van der Waals surface area contributed by atoms with Crippen molar-refractivity contribution >= 4 is 10.9 Å². The Morgan fingerprint density at radius 3 is 2.84 bits per heavy atom. The van der Waals surface area contributed by atoms with E-state index in [2.05, 4.69) is 29.5 Å². The number of nitrogens with one attached hydrogen (secondary N) is 1. The van der Waals surface area contributed by atoms with Gasteiger partial charge in [0.2, 0.25) is 0 Å². The second-order valence-corrected chi connectivity index (χ2v) is 7.33. The van der Waals surface area contributed by atoms with Gasteiger partial charge in [0.05, 0.1) is 17.4 Å². The number of aliphatic hydroxyl groups excluding tert-OH is 1. The van der Waals surface area contributed by atoms with Crippen LogP contribution in [0.3, 0.4) is 0 Å². The summed E-state index contributed by atoms with van der Waals surface area (Å²) in [5.41, 5.74) is 4.49. The summed E-state index contributed by atoms with van der Waals surface area (Å²) in [4.78, 5) is 0. The van der Waals surface area contributed by atoms with E-state index in [1.54, 1.807) is 12.1 Å². The van der Waals surface area contributed by atoms with Crippen molar-refractivity contribution in [2.45, 2.75) is 12.3 Å². The monoisotopic (exact) mass is 337 g/mol. The molecule has 2 fully saturated rings. The molecule has 1 saturated carbocycles. The van der Waals surface area contributed by atoms with E-state index < -0.39 is 0 Å². The van der Waals surface area contributed by atoms with Gasteiger partial charge in [-0.2, -0.15) is 5.10 Å². The summed E-state index contributed by atoms with van der Waals surface area (Å²) >= 11 is 0. The highest BCUT2D eigenvalue weighted by atomic mass is 19.1. The Kier molecular flexibility index (Phi) is 3.09. The van der Waals surface area contributed by atoms with Crippen LogP contribution >= 0.6 is 0 Å². The lowest BCUT2D eigenvalue weighted by atomic mass is 9.88. The molecule has 0 amide bonds. The number of nitrogens with zero attached hydrogens (tertiary/aromatic N) is 2. The van der Waals surface area contributed by atoms with Crippen molar-refractivity contribution in [3.63, 3.8) is 0 Å². The summed E-state index contributed by atoms with van der Waals surface area (Å²) in [5, 5.41) is 18.8. The topological polar surface area (TPSA) is 50.1 Å². The van der Waals surface area contributed by atoms with Crippen molar-refractivity contribution in [1.29, 1.82) is 0 Å². The molecule has 25 heavy (non-hydrogen) atoms. The number of aromatic nitrogens is 2. The summed E-state index contributed by atoms with van der Waals surface area (Å²) in [7, 11) is 0. The molecule has 2 N–H and O–H groups in total. The SMILES string of the molecule is Cc1cc2c(cnn2-c2ccc(F)cc2)cc1[C@@]12CNC[C@@H]1[C@H]2CO. The predicted octanol–water partition coefficient (Wildman–Crippen LogP) is 2.55. The summed E-state index contributed by atoms with van der Waals surface area (Å²) in [6.07, 6.45) is 1.87. The molecule has 1 aliphatic carbocycles. The van der Waals surface area contributed by atoms with Crippen LogP contribution < -0.4 is 5.32 Å². The number of rotatable bonds is 3. The van der Waals surface area contributed by atoms with Crippen molar-refractivity contribution in [3.8, 4) is 5.69 Å².